The summed E-state index contributed by atoms with van der Waals surface area (Å²) in [7, 11) is 0. The molecule has 1 amide bonds. The summed E-state index contributed by atoms with van der Waals surface area (Å²) in [5, 5.41) is 9.76. The van der Waals surface area contributed by atoms with E-state index in [1.54, 1.807) is 6.07 Å². The largest absolute Gasteiger partial charge is 0.456 e. The lowest BCUT2D eigenvalue weighted by Crippen LogP contribution is -2.34. The molecule has 3 heterocycles. The summed E-state index contributed by atoms with van der Waals surface area (Å²) in [6.07, 6.45) is 7.29. The van der Waals surface area contributed by atoms with E-state index in [9.17, 15) is 4.79 Å². The molecule has 0 radical (unpaired) electrons. The second-order valence-corrected chi connectivity index (χ2v) is 14.6. The maximum absolute atomic E-state index is 13.0. The number of rotatable bonds is 11. The molecule has 1 aliphatic heterocycles. The molecular weight excluding hydrogens is 586 g/mol. The van der Waals surface area contributed by atoms with Gasteiger partial charge in [0, 0.05) is 44.4 Å². The van der Waals surface area contributed by atoms with Crippen molar-refractivity contribution in [3.05, 3.63) is 105 Å². The van der Waals surface area contributed by atoms with Crippen LogP contribution in [0.4, 0.5) is 11.8 Å². The van der Waals surface area contributed by atoms with Crippen molar-refractivity contribution in [2.24, 2.45) is 0 Å². The Morgan fingerprint density at radius 2 is 1.66 bits per heavy atom. The summed E-state index contributed by atoms with van der Waals surface area (Å²) in [4.78, 5) is 22.2. The summed E-state index contributed by atoms with van der Waals surface area (Å²) in [6.45, 7) is 16.1. The molecule has 8 heteroatoms. The zero-order valence-electron chi connectivity index (χ0n) is 28.8. The lowest BCUT2D eigenvalue weighted by Gasteiger charge is -2.42. The molecule has 3 N–H and O–H groups in total. The standard InChI is InChI=1S/C39H49N5O3/c1-25-17-32-33(39(5,6)15-14-38(32,3)4)20-29(25)19-30-12-13-34(47-30)36(45)41-22-27-9-7-10-28(18-27)23-43-37-42-21-26(2)35(44-37)40-24-31-11-8-16-46-31/h7,9-10,12-13,17-18,20-21,31H,8,11,14-16,19,22-24H2,1-6H3,(H,41,45)(H2,40,42,43,44). The first-order chi connectivity index (χ1) is 22.5. The summed E-state index contributed by atoms with van der Waals surface area (Å²) >= 11 is 0. The Kier molecular flexibility index (Phi) is 9.42. The molecule has 8 nitrogen and oxygen atoms in total. The van der Waals surface area contributed by atoms with Gasteiger partial charge in [-0.15, -0.1) is 0 Å². The average Bonchev–Trinajstić information content (AvgIpc) is 3.75. The Labute approximate surface area is 279 Å². The maximum Gasteiger partial charge on any atom is 0.287 e. The van der Waals surface area contributed by atoms with E-state index < -0.39 is 0 Å². The number of amides is 1. The van der Waals surface area contributed by atoms with Crippen LogP contribution in [0.3, 0.4) is 0 Å². The predicted molar refractivity (Wildman–Crippen MR) is 187 cm³/mol. The molecule has 1 fully saturated rings. The topological polar surface area (TPSA) is 101 Å². The normalized spacial score (nSPS) is 18.0. The highest BCUT2D eigenvalue weighted by Crippen LogP contribution is 2.46. The minimum atomic E-state index is -0.221. The smallest absolute Gasteiger partial charge is 0.287 e. The number of ether oxygens (including phenoxy) is 1. The van der Waals surface area contributed by atoms with E-state index in [2.05, 4.69) is 78.7 Å². The van der Waals surface area contributed by atoms with Gasteiger partial charge in [-0.25, -0.2) is 4.98 Å². The Balaban J connectivity index is 1.03. The Hall–Kier alpha value is -4.17. The molecule has 1 aliphatic carbocycles. The van der Waals surface area contributed by atoms with Crippen molar-refractivity contribution in [1.82, 2.24) is 15.3 Å². The minimum Gasteiger partial charge on any atom is -0.456 e. The lowest BCUT2D eigenvalue weighted by atomic mass is 9.62. The van der Waals surface area contributed by atoms with Gasteiger partial charge in [0.15, 0.2) is 5.76 Å². The lowest BCUT2D eigenvalue weighted by molar-refractivity contribution is 0.0921. The van der Waals surface area contributed by atoms with E-state index in [1.165, 1.54) is 35.1 Å². The van der Waals surface area contributed by atoms with Gasteiger partial charge < -0.3 is 25.1 Å². The molecule has 1 unspecified atom stereocenters. The van der Waals surface area contributed by atoms with Gasteiger partial charge in [-0.2, -0.15) is 4.98 Å². The number of furan rings is 1. The SMILES string of the molecule is Cc1cc2c(cc1Cc1ccc(C(=O)NCc3cccc(CNc4ncc(C)c(NCC5CCCO5)n4)c3)o1)C(C)(C)CCC2(C)C. The molecule has 1 saturated heterocycles. The van der Waals surface area contributed by atoms with E-state index in [0.29, 0.717) is 31.2 Å². The predicted octanol–water partition coefficient (Wildman–Crippen LogP) is 7.76. The third-order valence-electron chi connectivity index (χ3n) is 9.95. The number of carbonyl (C=O) groups is 1. The monoisotopic (exact) mass is 635 g/mol. The van der Waals surface area contributed by atoms with E-state index in [1.807, 2.05) is 37.4 Å². The molecule has 2 aromatic heterocycles. The minimum absolute atomic E-state index is 0.148. The van der Waals surface area contributed by atoms with Gasteiger partial charge in [-0.05, 0) is 95.9 Å². The van der Waals surface area contributed by atoms with Crippen molar-refractivity contribution in [3.8, 4) is 0 Å². The van der Waals surface area contributed by atoms with E-state index >= 15 is 0 Å². The number of fused-ring (bicyclic) bond motifs is 1. The number of nitrogens with zero attached hydrogens (tertiary/aromatic N) is 2. The van der Waals surface area contributed by atoms with Crippen LogP contribution in [-0.2, 0) is 35.1 Å². The number of anilines is 2. The van der Waals surface area contributed by atoms with Crippen LogP contribution >= 0.6 is 0 Å². The second-order valence-electron chi connectivity index (χ2n) is 14.6. The Morgan fingerprint density at radius 3 is 2.40 bits per heavy atom. The van der Waals surface area contributed by atoms with Crippen LogP contribution in [0, 0.1) is 13.8 Å². The highest BCUT2D eigenvalue weighted by Gasteiger charge is 2.37. The third kappa shape index (κ3) is 7.70. The number of hydrogen-bond acceptors (Lipinski definition) is 7. The maximum atomic E-state index is 13.0. The van der Waals surface area contributed by atoms with Crippen LogP contribution in [0.1, 0.15) is 109 Å². The van der Waals surface area contributed by atoms with Gasteiger partial charge >= 0.3 is 0 Å². The summed E-state index contributed by atoms with van der Waals surface area (Å²) in [5.74, 6) is 2.29. The molecular formula is C39H49N5O3. The van der Waals surface area contributed by atoms with Gasteiger partial charge in [0.2, 0.25) is 5.95 Å². The van der Waals surface area contributed by atoms with E-state index in [0.717, 1.165) is 54.3 Å². The summed E-state index contributed by atoms with van der Waals surface area (Å²) < 4.78 is 11.8. The van der Waals surface area contributed by atoms with Crippen LogP contribution in [0.5, 0.6) is 0 Å². The molecule has 0 bridgehead atoms. The quantitative estimate of drug-likeness (QED) is 0.155. The van der Waals surface area contributed by atoms with Crippen LogP contribution in [0.2, 0.25) is 0 Å². The molecule has 2 aliphatic rings. The molecule has 4 aromatic rings. The number of hydrogen-bond donors (Lipinski definition) is 3. The Morgan fingerprint density at radius 1 is 0.915 bits per heavy atom. The number of nitrogens with one attached hydrogen (secondary N) is 3. The highest BCUT2D eigenvalue weighted by molar-refractivity contribution is 5.91. The molecule has 2 aromatic carbocycles. The fourth-order valence-electron chi connectivity index (χ4n) is 6.76. The van der Waals surface area contributed by atoms with Gasteiger partial charge in [0.05, 0.1) is 6.10 Å². The molecule has 47 heavy (non-hydrogen) atoms. The van der Waals surface area contributed by atoms with Crippen LogP contribution in [0.15, 0.2) is 59.1 Å². The van der Waals surface area contributed by atoms with E-state index in [-0.39, 0.29) is 22.8 Å². The van der Waals surface area contributed by atoms with Gasteiger partial charge in [0.25, 0.3) is 5.91 Å². The average molecular weight is 636 g/mol. The first-order valence-electron chi connectivity index (χ1n) is 17.0. The third-order valence-corrected chi connectivity index (χ3v) is 9.95. The van der Waals surface area contributed by atoms with Crippen LogP contribution in [-0.4, -0.2) is 35.1 Å². The fourth-order valence-corrected chi connectivity index (χ4v) is 6.76. The van der Waals surface area contributed by atoms with Crippen molar-refractivity contribution >= 4 is 17.7 Å². The zero-order chi connectivity index (χ0) is 33.2. The number of carbonyl (C=O) groups excluding carboxylic acids is 1. The number of aryl methyl sites for hydroxylation is 2. The van der Waals surface area contributed by atoms with Crippen molar-refractivity contribution in [1.29, 1.82) is 0 Å². The number of benzene rings is 2. The van der Waals surface area contributed by atoms with E-state index in [4.69, 9.17) is 9.15 Å². The van der Waals surface area contributed by atoms with Crippen molar-refractivity contribution in [2.45, 2.75) is 104 Å². The van der Waals surface area contributed by atoms with Crippen molar-refractivity contribution in [2.75, 3.05) is 23.8 Å². The van der Waals surface area contributed by atoms with Gasteiger partial charge in [-0.3, -0.25) is 4.79 Å². The molecule has 6 rings (SSSR count). The molecule has 0 saturated carbocycles. The summed E-state index contributed by atoms with van der Waals surface area (Å²) in [6, 6.07) is 16.6. The van der Waals surface area contributed by atoms with Crippen LogP contribution < -0.4 is 16.0 Å². The highest BCUT2D eigenvalue weighted by atomic mass is 16.5. The zero-order valence-corrected chi connectivity index (χ0v) is 28.8. The van der Waals surface area contributed by atoms with Crippen LogP contribution in [0.25, 0.3) is 0 Å². The second kappa shape index (κ2) is 13.5. The first-order valence-corrected chi connectivity index (χ1v) is 17.0. The molecule has 0 spiro atoms. The van der Waals surface area contributed by atoms with Crippen molar-refractivity contribution in [3.63, 3.8) is 0 Å². The Bertz CT molecular complexity index is 1730. The summed E-state index contributed by atoms with van der Waals surface area (Å²) in [5.41, 5.74) is 8.83. The molecule has 248 valence electrons. The van der Waals surface area contributed by atoms with Gasteiger partial charge in [0.1, 0.15) is 11.6 Å². The fraction of sp³-hybridized carbons (Fsp3) is 0.462. The van der Waals surface area contributed by atoms with Gasteiger partial charge in [-0.1, -0.05) is 64.1 Å². The van der Waals surface area contributed by atoms with Crippen molar-refractivity contribution < 1.29 is 13.9 Å². The number of aromatic nitrogens is 2. The first kappa shape index (κ1) is 32.8. The molecule has 1 atom stereocenters.